The minimum absolute atomic E-state index is 0.0937. The minimum atomic E-state index is -0.272. The molecule has 100 valence electrons. The van der Waals surface area contributed by atoms with Gasteiger partial charge in [-0.3, -0.25) is 4.79 Å². The molecule has 0 N–H and O–H groups in total. The maximum atomic E-state index is 12.2. The number of benzene rings is 2. The van der Waals surface area contributed by atoms with Crippen molar-refractivity contribution in [3.05, 3.63) is 71.3 Å². The Labute approximate surface area is 123 Å². The van der Waals surface area contributed by atoms with Crippen molar-refractivity contribution in [1.29, 1.82) is 0 Å². The summed E-state index contributed by atoms with van der Waals surface area (Å²) in [5.74, 6) is 0.0937. The van der Waals surface area contributed by atoms with Crippen molar-refractivity contribution in [3.63, 3.8) is 0 Å². The molecule has 19 heavy (non-hydrogen) atoms. The molecule has 2 rings (SSSR count). The number of hydrogen-bond donors (Lipinski definition) is 0. The predicted molar refractivity (Wildman–Crippen MR) is 85.0 cm³/mol. The van der Waals surface area contributed by atoms with Crippen molar-refractivity contribution < 1.29 is 4.79 Å². The minimum Gasteiger partial charge on any atom is -0.293 e. The van der Waals surface area contributed by atoms with Gasteiger partial charge in [-0.25, -0.2) is 0 Å². The third-order valence-corrected chi connectivity index (χ3v) is 3.60. The summed E-state index contributed by atoms with van der Waals surface area (Å²) >= 11 is 3.46. The lowest BCUT2D eigenvalue weighted by Gasteiger charge is -2.09. The maximum absolute atomic E-state index is 12.2. The summed E-state index contributed by atoms with van der Waals surface area (Å²) in [6.07, 6.45) is 0. The van der Waals surface area contributed by atoms with Gasteiger partial charge in [0.15, 0.2) is 5.78 Å². The van der Waals surface area contributed by atoms with Gasteiger partial charge in [0, 0.05) is 5.56 Å². The Morgan fingerprint density at radius 2 is 1.47 bits per heavy atom. The Balaban J connectivity index is 0.000000861. The lowest BCUT2D eigenvalue weighted by atomic mass is 10.0. The van der Waals surface area contributed by atoms with E-state index < -0.39 is 0 Å². The molecule has 0 amide bonds. The lowest BCUT2D eigenvalue weighted by Crippen LogP contribution is -2.06. The zero-order valence-corrected chi connectivity index (χ0v) is 13.1. The first-order valence-corrected chi connectivity index (χ1v) is 7.40. The number of rotatable bonds is 3. The normalized spacial score (nSPS) is 11.2. The van der Waals surface area contributed by atoms with Crippen molar-refractivity contribution in [2.24, 2.45) is 0 Å². The van der Waals surface area contributed by atoms with Crippen LogP contribution in [0, 0.1) is 6.92 Å². The molecule has 0 bridgehead atoms. The second-order valence-electron chi connectivity index (χ2n) is 4.00. The molecule has 1 nitrogen and oxygen atoms in total. The zero-order chi connectivity index (χ0) is 14.3. The van der Waals surface area contributed by atoms with E-state index in [-0.39, 0.29) is 10.6 Å². The number of hydrogen-bond acceptors (Lipinski definition) is 1. The van der Waals surface area contributed by atoms with E-state index in [9.17, 15) is 4.79 Å². The molecule has 0 saturated carbocycles. The molecule has 0 aliphatic heterocycles. The molecule has 0 saturated heterocycles. The van der Waals surface area contributed by atoms with Crippen molar-refractivity contribution in [3.8, 4) is 0 Å². The summed E-state index contributed by atoms with van der Waals surface area (Å²) in [7, 11) is 0. The number of Topliss-reactive ketones (excluding diaryl/α,β-unsaturated/α-hetero) is 1. The van der Waals surface area contributed by atoms with Gasteiger partial charge in [0.2, 0.25) is 0 Å². The molecular weight excluding hydrogens is 300 g/mol. The predicted octanol–water partition coefficient (Wildman–Crippen LogP) is 5.34. The average Bonchev–Trinajstić information content (AvgIpc) is 2.49. The summed E-state index contributed by atoms with van der Waals surface area (Å²) in [5.41, 5.74) is 2.88. The van der Waals surface area contributed by atoms with Gasteiger partial charge in [0.25, 0.3) is 0 Å². The van der Waals surface area contributed by atoms with Gasteiger partial charge in [0.05, 0.1) is 0 Å². The van der Waals surface area contributed by atoms with Crippen LogP contribution in [-0.2, 0) is 0 Å². The van der Waals surface area contributed by atoms with Crippen LogP contribution >= 0.6 is 15.9 Å². The van der Waals surface area contributed by atoms with Crippen LogP contribution in [0.4, 0.5) is 0 Å². The molecule has 2 heteroatoms. The van der Waals surface area contributed by atoms with Crippen LogP contribution < -0.4 is 0 Å². The van der Waals surface area contributed by atoms with Crippen LogP contribution in [-0.4, -0.2) is 5.78 Å². The van der Waals surface area contributed by atoms with Gasteiger partial charge in [-0.15, -0.1) is 0 Å². The van der Waals surface area contributed by atoms with E-state index in [0.717, 1.165) is 16.7 Å². The van der Waals surface area contributed by atoms with Crippen LogP contribution in [0.15, 0.2) is 54.6 Å². The molecule has 0 radical (unpaired) electrons. The molecule has 0 aliphatic rings. The molecule has 0 fully saturated rings. The van der Waals surface area contributed by atoms with Gasteiger partial charge in [-0.1, -0.05) is 89.9 Å². The first-order valence-electron chi connectivity index (χ1n) is 6.48. The number of alkyl halides is 1. The van der Waals surface area contributed by atoms with Gasteiger partial charge in [-0.2, -0.15) is 0 Å². The summed E-state index contributed by atoms with van der Waals surface area (Å²) < 4.78 is 0. The maximum Gasteiger partial charge on any atom is 0.180 e. The van der Waals surface area contributed by atoms with Crippen LogP contribution in [0.3, 0.4) is 0 Å². The Bertz CT molecular complexity index is 503. The third kappa shape index (κ3) is 4.32. The fourth-order valence-electron chi connectivity index (χ4n) is 1.64. The van der Waals surface area contributed by atoms with Gasteiger partial charge in [-0.05, 0) is 12.5 Å². The number of halogens is 1. The Morgan fingerprint density at radius 3 is 2.00 bits per heavy atom. The van der Waals surface area contributed by atoms with E-state index in [4.69, 9.17) is 0 Å². The Kier molecular flexibility index (Phi) is 6.51. The summed E-state index contributed by atoms with van der Waals surface area (Å²) in [6.45, 7) is 6.01. The van der Waals surface area contributed by atoms with E-state index >= 15 is 0 Å². The second kappa shape index (κ2) is 7.90. The third-order valence-electron chi connectivity index (χ3n) is 2.66. The number of aryl methyl sites for hydroxylation is 1. The van der Waals surface area contributed by atoms with Crippen LogP contribution in [0.1, 0.15) is 40.2 Å². The van der Waals surface area contributed by atoms with Crippen LogP contribution in [0.25, 0.3) is 0 Å². The Hall–Kier alpha value is -1.41. The fraction of sp³-hybridized carbons (Fsp3) is 0.235. The monoisotopic (exact) mass is 318 g/mol. The van der Waals surface area contributed by atoms with E-state index in [1.165, 1.54) is 0 Å². The van der Waals surface area contributed by atoms with Crippen molar-refractivity contribution in [1.82, 2.24) is 0 Å². The summed E-state index contributed by atoms with van der Waals surface area (Å²) in [4.78, 5) is 11.9. The molecular formula is C17H19BrO. The quantitative estimate of drug-likeness (QED) is 0.551. The molecule has 2 aromatic carbocycles. The van der Waals surface area contributed by atoms with E-state index in [0.29, 0.717) is 0 Å². The average molecular weight is 319 g/mol. The fourth-order valence-corrected chi connectivity index (χ4v) is 2.21. The standard InChI is InChI=1S/C15H13BrO.C2H6/c1-11-7-9-13(10-8-11)15(17)14(16)12-5-3-2-4-6-12;1-2/h2-10,14H,1H3;1-2H3. The summed E-state index contributed by atoms with van der Waals surface area (Å²) in [6, 6.07) is 17.4. The van der Waals surface area contributed by atoms with Crippen molar-refractivity contribution in [2.45, 2.75) is 25.6 Å². The van der Waals surface area contributed by atoms with Gasteiger partial charge >= 0.3 is 0 Å². The van der Waals surface area contributed by atoms with E-state index in [2.05, 4.69) is 15.9 Å². The van der Waals surface area contributed by atoms with Crippen LogP contribution in [0.5, 0.6) is 0 Å². The molecule has 0 heterocycles. The van der Waals surface area contributed by atoms with Crippen molar-refractivity contribution >= 4 is 21.7 Å². The number of carbonyl (C=O) groups is 1. The highest BCUT2D eigenvalue weighted by molar-refractivity contribution is 9.09. The highest BCUT2D eigenvalue weighted by atomic mass is 79.9. The molecule has 1 atom stereocenters. The number of ketones is 1. The largest absolute Gasteiger partial charge is 0.293 e. The molecule has 2 aromatic rings. The summed E-state index contributed by atoms with van der Waals surface area (Å²) in [5, 5.41) is 0. The van der Waals surface area contributed by atoms with E-state index in [1.807, 2.05) is 75.4 Å². The van der Waals surface area contributed by atoms with Crippen molar-refractivity contribution in [2.75, 3.05) is 0 Å². The Morgan fingerprint density at radius 1 is 0.947 bits per heavy atom. The first kappa shape index (κ1) is 15.6. The molecule has 1 unspecified atom stereocenters. The molecule has 0 spiro atoms. The molecule has 0 aliphatic carbocycles. The second-order valence-corrected chi connectivity index (χ2v) is 4.92. The van der Waals surface area contributed by atoms with E-state index in [1.54, 1.807) is 0 Å². The van der Waals surface area contributed by atoms with Crippen LogP contribution in [0.2, 0.25) is 0 Å². The number of carbonyl (C=O) groups excluding carboxylic acids is 1. The van der Waals surface area contributed by atoms with Gasteiger partial charge in [0.1, 0.15) is 4.83 Å². The topological polar surface area (TPSA) is 17.1 Å². The highest BCUT2D eigenvalue weighted by Gasteiger charge is 2.18. The lowest BCUT2D eigenvalue weighted by molar-refractivity contribution is 0.0991. The first-order chi connectivity index (χ1) is 9.18. The molecule has 0 aromatic heterocycles. The SMILES string of the molecule is CC.Cc1ccc(C(=O)C(Br)c2ccccc2)cc1. The zero-order valence-electron chi connectivity index (χ0n) is 11.6. The highest BCUT2D eigenvalue weighted by Crippen LogP contribution is 2.26. The smallest absolute Gasteiger partial charge is 0.180 e. The van der Waals surface area contributed by atoms with Gasteiger partial charge < -0.3 is 0 Å².